The van der Waals surface area contributed by atoms with Crippen LogP contribution >= 0.6 is 0 Å². The van der Waals surface area contributed by atoms with E-state index in [0.717, 1.165) is 5.56 Å². The van der Waals surface area contributed by atoms with Crippen molar-refractivity contribution in [1.82, 2.24) is 4.90 Å². The average Bonchev–Trinajstić information content (AvgIpc) is 2.61. The summed E-state index contributed by atoms with van der Waals surface area (Å²) in [6.07, 6.45) is 0. The van der Waals surface area contributed by atoms with Crippen LogP contribution in [0.1, 0.15) is 47.3 Å². The van der Waals surface area contributed by atoms with Gasteiger partial charge in [0, 0.05) is 11.6 Å². The summed E-state index contributed by atoms with van der Waals surface area (Å²) in [6, 6.07) is 13.5. The third-order valence-electron chi connectivity index (χ3n) is 4.66. The second-order valence-electron chi connectivity index (χ2n) is 6.43. The lowest BCUT2D eigenvalue weighted by Gasteiger charge is -2.43. The predicted molar refractivity (Wildman–Crippen MR) is 93.9 cm³/mol. The van der Waals surface area contributed by atoms with Gasteiger partial charge in [-0.25, -0.2) is 0 Å². The van der Waals surface area contributed by atoms with Crippen molar-refractivity contribution in [2.45, 2.75) is 31.8 Å². The Kier molecular flexibility index (Phi) is 4.49. The number of methoxy groups -OCH3 is 1. The quantitative estimate of drug-likeness (QED) is 0.926. The molecule has 5 nitrogen and oxygen atoms in total. The van der Waals surface area contributed by atoms with Gasteiger partial charge in [0.1, 0.15) is 11.7 Å². The molecule has 0 aliphatic carbocycles. The van der Waals surface area contributed by atoms with Gasteiger partial charge in [0.05, 0.1) is 13.2 Å². The van der Waals surface area contributed by atoms with Crippen LogP contribution in [0.2, 0.25) is 0 Å². The number of carboxylic acid groups (broad SMARTS) is 1. The van der Waals surface area contributed by atoms with Crippen LogP contribution in [0.4, 0.5) is 0 Å². The number of nitrogens with zero attached hydrogens (tertiary/aromatic N) is 1. The Morgan fingerprint density at radius 2 is 1.76 bits per heavy atom. The normalized spacial score (nSPS) is 19.7. The first-order valence-corrected chi connectivity index (χ1v) is 8.24. The molecule has 1 N–H and O–H groups in total. The third kappa shape index (κ3) is 2.86. The molecule has 25 heavy (non-hydrogen) atoms. The first-order chi connectivity index (χ1) is 12.0. The van der Waals surface area contributed by atoms with Gasteiger partial charge >= 0.3 is 5.97 Å². The zero-order chi connectivity index (χ0) is 18.1. The fraction of sp³-hybridized carbons (Fsp3) is 0.300. The molecule has 2 aromatic carbocycles. The largest absolute Gasteiger partial charge is 0.497 e. The lowest BCUT2D eigenvalue weighted by atomic mass is 9.79. The minimum absolute atomic E-state index is 0.130. The molecule has 0 unspecified atom stereocenters. The number of benzene rings is 2. The smallest absolute Gasteiger partial charge is 0.313 e. The molecule has 1 amide bonds. The highest BCUT2D eigenvalue weighted by Gasteiger charge is 2.45. The van der Waals surface area contributed by atoms with Gasteiger partial charge in [0.15, 0.2) is 0 Å². The Labute approximate surface area is 146 Å². The Bertz CT molecular complexity index is 798. The van der Waals surface area contributed by atoms with E-state index in [1.807, 2.05) is 26.0 Å². The first kappa shape index (κ1) is 17.0. The molecule has 130 valence electrons. The van der Waals surface area contributed by atoms with E-state index in [4.69, 9.17) is 4.74 Å². The predicted octanol–water partition coefficient (Wildman–Crippen LogP) is 3.47. The fourth-order valence-corrected chi connectivity index (χ4v) is 3.54. The Morgan fingerprint density at radius 3 is 2.32 bits per heavy atom. The number of aliphatic carboxylic acids is 1. The number of hydrogen-bond donors (Lipinski definition) is 1. The van der Waals surface area contributed by atoms with E-state index in [1.165, 1.54) is 0 Å². The summed E-state index contributed by atoms with van der Waals surface area (Å²) in [4.78, 5) is 26.8. The van der Waals surface area contributed by atoms with E-state index in [2.05, 4.69) is 0 Å². The van der Waals surface area contributed by atoms with Crippen LogP contribution in [0.5, 0.6) is 5.75 Å². The molecule has 0 fully saturated rings. The summed E-state index contributed by atoms with van der Waals surface area (Å²) in [6.45, 7) is 3.81. The lowest BCUT2D eigenvalue weighted by molar-refractivity contribution is -0.140. The van der Waals surface area contributed by atoms with E-state index < -0.39 is 17.9 Å². The SMILES string of the molecule is COc1ccc([C@H]2[C@@H](C(=O)O)c3ccccc3C(=O)N2C(C)C)cc1. The molecule has 0 aromatic heterocycles. The number of carboxylic acids is 1. The van der Waals surface area contributed by atoms with Gasteiger partial charge in [0.25, 0.3) is 5.91 Å². The topological polar surface area (TPSA) is 66.8 Å². The molecule has 3 rings (SSSR count). The maximum Gasteiger partial charge on any atom is 0.313 e. The molecule has 5 heteroatoms. The number of carbonyl (C=O) groups excluding carboxylic acids is 1. The van der Waals surface area contributed by atoms with E-state index in [1.54, 1.807) is 48.4 Å². The van der Waals surface area contributed by atoms with E-state index >= 15 is 0 Å². The minimum Gasteiger partial charge on any atom is -0.497 e. The van der Waals surface area contributed by atoms with Crippen molar-refractivity contribution in [3.63, 3.8) is 0 Å². The molecule has 0 saturated carbocycles. The molecule has 0 saturated heterocycles. The number of hydrogen-bond acceptors (Lipinski definition) is 3. The average molecular weight is 339 g/mol. The van der Waals surface area contributed by atoms with Crippen LogP contribution in [0.15, 0.2) is 48.5 Å². The number of fused-ring (bicyclic) bond motifs is 1. The number of carbonyl (C=O) groups is 2. The second kappa shape index (κ2) is 6.59. The summed E-state index contributed by atoms with van der Waals surface area (Å²) in [5.74, 6) is -1.20. The highest BCUT2D eigenvalue weighted by Crippen LogP contribution is 2.44. The summed E-state index contributed by atoms with van der Waals surface area (Å²) in [7, 11) is 1.58. The van der Waals surface area contributed by atoms with Crippen LogP contribution in [0.25, 0.3) is 0 Å². The molecule has 1 aliphatic rings. The first-order valence-electron chi connectivity index (χ1n) is 8.24. The van der Waals surface area contributed by atoms with Crippen molar-refractivity contribution in [1.29, 1.82) is 0 Å². The van der Waals surface area contributed by atoms with Crippen molar-refractivity contribution in [3.8, 4) is 5.75 Å². The highest BCUT2D eigenvalue weighted by atomic mass is 16.5. The molecule has 2 aromatic rings. The standard InChI is InChI=1S/C20H21NO4/c1-12(2)21-18(13-8-10-14(25-3)11-9-13)17(20(23)24)15-6-4-5-7-16(15)19(21)22/h4-12,17-18H,1-3H3,(H,23,24)/t17-,18-/m0/s1. The number of ether oxygens (including phenoxy) is 1. The molecule has 0 spiro atoms. The molecular formula is C20H21NO4. The maximum absolute atomic E-state index is 13.0. The van der Waals surface area contributed by atoms with Gasteiger partial charge in [-0.3, -0.25) is 9.59 Å². The fourth-order valence-electron chi connectivity index (χ4n) is 3.54. The second-order valence-corrected chi connectivity index (χ2v) is 6.43. The lowest BCUT2D eigenvalue weighted by Crippen LogP contribution is -2.48. The van der Waals surface area contributed by atoms with E-state index in [-0.39, 0.29) is 11.9 Å². The van der Waals surface area contributed by atoms with E-state index in [9.17, 15) is 14.7 Å². The maximum atomic E-state index is 13.0. The van der Waals surface area contributed by atoms with Gasteiger partial charge in [-0.15, -0.1) is 0 Å². The van der Waals surface area contributed by atoms with Crippen molar-refractivity contribution in [2.24, 2.45) is 0 Å². The van der Waals surface area contributed by atoms with Crippen LogP contribution in [0.3, 0.4) is 0 Å². The van der Waals surface area contributed by atoms with Crippen molar-refractivity contribution in [3.05, 3.63) is 65.2 Å². The molecule has 0 bridgehead atoms. The monoisotopic (exact) mass is 339 g/mol. The molecule has 1 aliphatic heterocycles. The van der Waals surface area contributed by atoms with Gasteiger partial charge < -0.3 is 14.7 Å². The Morgan fingerprint density at radius 1 is 1.12 bits per heavy atom. The summed E-state index contributed by atoms with van der Waals surface area (Å²) >= 11 is 0. The van der Waals surface area contributed by atoms with Gasteiger partial charge in [0.2, 0.25) is 0 Å². The summed E-state index contributed by atoms with van der Waals surface area (Å²) in [5, 5.41) is 9.94. The van der Waals surface area contributed by atoms with Gasteiger partial charge in [-0.2, -0.15) is 0 Å². The molecule has 1 heterocycles. The molecule has 0 radical (unpaired) electrons. The van der Waals surface area contributed by atoms with Crippen LogP contribution in [-0.4, -0.2) is 35.0 Å². The highest BCUT2D eigenvalue weighted by molar-refractivity contribution is 6.00. The van der Waals surface area contributed by atoms with Crippen LogP contribution in [-0.2, 0) is 4.79 Å². The minimum atomic E-state index is -0.939. The summed E-state index contributed by atoms with van der Waals surface area (Å²) in [5.41, 5.74) is 1.82. The van der Waals surface area contributed by atoms with Crippen LogP contribution < -0.4 is 4.74 Å². The van der Waals surface area contributed by atoms with Crippen molar-refractivity contribution < 1.29 is 19.4 Å². The van der Waals surface area contributed by atoms with Gasteiger partial charge in [-0.05, 0) is 43.2 Å². The number of rotatable bonds is 4. The molecule has 2 atom stereocenters. The Hall–Kier alpha value is -2.82. The zero-order valence-electron chi connectivity index (χ0n) is 14.5. The molecular weight excluding hydrogens is 318 g/mol. The number of amides is 1. The summed E-state index contributed by atoms with van der Waals surface area (Å²) < 4.78 is 5.19. The van der Waals surface area contributed by atoms with Gasteiger partial charge in [-0.1, -0.05) is 30.3 Å². The zero-order valence-corrected chi connectivity index (χ0v) is 14.5. The van der Waals surface area contributed by atoms with E-state index in [0.29, 0.717) is 16.9 Å². The van der Waals surface area contributed by atoms with Crippen molar-refractivity contribution >= 4 is 11.9 Å². The third-order valence-corrected chi connectivity index (χ3v) is 4.66. The Balaban J connectivity index is 2.20. The van der Waals surface area contributed by atoms with Crippen molar-refractivity contribution in [2.75, 3.05) is 7.11 Å². The van der Waals surface area contributed by atoms with Crippen LogP contribution in [0, 0.1) is 0 Å².